The number of amides is 5. The molecule has 1 aliphatic heterocycles. The number of aryl methyl sites for hydroxylation is 1. The number of nitrogens with zero attached hydrogens (tertiary/aromatic N) is 2. The Morgan fingerprint density at radius 1 is 1.11 bits per heavy atom. The Morgan fingerprint density at radius 3 is 2.55 bits per heavy atom. The first-order chi connectivity index (χ1) is 18.3. The molecule has 2 N–H and O–H groups in total. The molecule has 1 saturated carbocycles. The van der Waals surface area contributed by atoms with Crippen LogP contribution in [0.2, 0.25) is 0 Å². The Morgan fingerprint density at radius 2 is 1.84 bits per heavy atom. The molecule has 1 saturated heterocycles. The van der Waals surface area contributed by atoms with Crippen molar-refractivity contribution in [3.8, 4) is 0 Å². The minimum Gasteiger partial charge on any atom is -0.427 e. The van der Waals surface area contributed by atoms with Crippen molar-refractivity contribution in [3.63, 3.8) is 0 Å². The zero-order chi connectivity index (χ0) is 26.9. The second kappa shape index (κ2) is 10.4. The van der Waals surface area contributed by atoms with Crippen molar-refractivity contribution < 1.29 is 28.3 Å². The van der Waals surface area contributed by atoms with E-state index in [0.717, 1.165) is 48.1 Å². The van der Waals surface area contributed by atoms with E-state index in [1.54, 1.807) is 35.2 Å². The number of ether oxygens (including phenoxy) is 1. The lowest BCUT2D eigenvalue weighted by Gasteiger charge is -2.35. The molecule has 1 atom stereocenters. The summed E-state index contributed by atoms with van der Waals surface area (Å²) in [5, 5.41) is 5.18. The Hall–Kier alpha value is -3.95. The molecule has 2 aromatic carbocycles. The Labute approximate surface area is 220 Å². The lowest BCUT2D eigenvalue weighted by atomic mass is 9.93. The number of carbonyl (C=O) groups excluding carboxylic acids is 4. The molecule has 5 rings (SSSR count). The molecule has 1 unspecified atom stereocenters. The fraction of sp³-hybridized carbons (Fsp3) is 0.429. The van der Waals surface area contributed by atoms with Crippen molar-refractivity contribution >= 4 is 29.6 Å². The maximum atomic E-state index is 13.6. The first kappa shape index (κ1) is 25.7. The number of hydrogen-bond acceptors (Lipinski definition) is 5. The molecule has 1 spiro atoms. The molecule has 2 aliphatic carbocycles. The summed E-state index contributed by atoms with van der Waals surface area (Å²) in [4.78, 5) is 54.5. The molecule has 3 aliphatic rings. The second-order valence-corrected chi connectivity index (χ2v) is 10.1. The van der Waals surface area contributed by atoms with E-state index in [1.165, 1.54) is 19.2 Å². The van der Waals surface area contributed by atoms with Gasteiger partial charge in [-0.3, -0.25) is 9.59 Å². The van der Waals surface area contributed by atoms with Gasteiger partial charge in [-0.05, 0) is 54.7 Å². The van der Waals surface area contributed by atoms with Crippen molar-refractivity contribution in [3.05, 3.63) is 65.0 Å². The Kier molecular flexibility index (Phi) is 7.05. The predicted octanol–water partition coefficient (Wildman–Crippen LogP) is 4.06. The van der Waals surface area contributed by atoms with Crippen LogP contribution in [0.1, 0.15) is 55.2 Å². The summed E-state index contributed by atoms with van der Waals surface area (Å²) >= 11 is 0. The summed E-state index contributed by atoms with van der Waals surface area (Å²) in [5.74, 6) is -1.24. The van der Waals surface area contributed by atoms with Gasteiger partial charge in [-0.15, -0.1) is 0 Å². The zero-order valence-corrected chi connectivity index (χ0v) is 21.3. The molecule has 2 aromatic rings. The third-order valence-electron chi connectivity index (χ3n) is 7.74. The number of carbonyl (C=O) groups is 4. The summed E-state index contributed by atoms with van der Waals surface area (Å²) in [6.45, 7) is -0.140. The number of imide groups is 1. The summed E-state index contributed by atoms with van der Waals surface area (Å²) in [5.41, 5.74) is 1.25. The molecular weight excluding hydrogens is 491 g/mol. The minimum atomic E-state index is -1.47. The van der Waals surface area contributed by atoms with Gasteiger partial charge in [0.15, 0.2) is 0 Å². The van der Waals surface area contributed by atoms with E-state index in [-0.39, 0.29) is 36.8 Å². The van der Waals surface area contributed by atoms with E-state index < -0.39 is 24.1 Å². The van der Waals surface area contributed by atoms with Gasteiger partial charge in [-0.1, -0.05) is 37.5 Å². The fourth-order valence-corrected chi connectivity index (χ4v) is 5.75. The van der Waals surface area contributed by atoms with Gasteiger partial charge in [0, 0.05) is 37.3 Å². The fourth-order valence-electron chi connectivity index (χ4n) is 5.75. The van der Waals surface area contributed by atoms with E-state index in [9.17, 15) is 23.6 Å². The number of anilines is 1. The van der Waals surface area contributed by atoms with Crippen LogP contribution in [0, 0.1) is 5.82 Å². The molecule has 0 aromatic heterocycles. The molecule has 10 heteroatoms. The minimum absolute atomic E-state index is 0.0116. The van der Waals surface area contributed by atoms with Crippen LogP contribution in [0.5, 0.6) is 0 Å². The van der Waals surface area contributed by atoms with Gasteiger partial charge in [0.25, 0.3) is 5.91 Å². The monoisotopic (exact) mass is 522 g/mol. The summed E-state index contributed by atoms with van der Waals surface area (Å²) < 4.78 is 19.1. The van der Waals surface area contributed by atoms with Crippen molar-refractivity contribution in [2.45, 2.75) is 63.1 Å². The van der Waals surface area contributed by atoms with E-state index in [4.69, 9.17) is 4.74 Å². The summed E-state index contributed by atoms with van der Waals surface area (Å²) in [6.07, 6.45) is 4.70. The smallest absolute Gasteiger partial charge is 0.418 e. The third-order valence-corrected chi connectivity index (χ3v) is 7.74. The summed E-state index contributed by atoms with van der Waals surface area (Å²) in [6, 6.07) is 10.7. The molecule has 0 bridgehead atoms. The van der Waals surface area contributed by atoms with Crippen LogP contribution in [0.3, 0.4) is 0 Å². The van der Waals surface area contributed by atoms with Crippen molar-refractivity contribution in [1.82, 2.24) is 15.1 Å². The molecule has 200 valence electrons. The van der Waals surface area contributed by atoms with Gasteiger partial charge < -0.3 is 20.3 Å². The molecule has 5 amide bonds. The quantitative estimate of drug-likeness (QED) is 0.595. The molecule has 2 fully saturated rings. The first-order valence-corrected chi connectivity index (χ1v) is 13.0. The normalized spacial score (nSPS) is 20.8. The number of nitrogens with one attached hydrogen (secondary N) is 2. The second-order valence-electron chi connectivity index (χ2n) is 10.1. The lowest BCUT2D eigenvalue weighted by Crippen LogP contribution is -2.48. The molecular formula is C28H31FN4O5. The van der Waals surface area contributed by atoms with E-state index in [2.05, 4.69) is 10.6 Å². The lowest BCUT2D eigenvalue weighted by molar-refractivity contribution is -0.143. The number of benzene rings is 2. The standard InChI is InChI=1S/C28H31FN4O5/c1-30-26(36)31-21-11-12-23-19(15-21)13-14-28(23)25(35)33(27(37)38-28)17-24(34)32(22-5-3-2-4-6-22)16-18-7-9-20(29)10-8-18/h7-12,15,22H,2-6,13-14,16-17H2,1H3,(H2,30,31,36). The van der Waals surface area contributed by atoms with Crippen LogP contribution in [0.25, 0.3) is 0 Å². The third kappa shape index (κ3) is 4.82. The van der Waals surface area contributed by atoms with Crippen LogP contribution in [-0.2, 0) is 32.9 Å². The topological polar surface area (TPSA) is 108 Å². The van der Waals surface area contributed by atoms with E-state index >= 15 is 0 Å². The van der Waals surface area contributed by atoms with Gasteiger partial charge >= 0.3 is 12.1 Å². The van der Waals surface area contributed by atoms with E-state index in [1.807, 2.05) is 0 Å². The highest BCUT2D eigenvalue weighted by Crippen LogP contribution is 2.46. The first-order valence-electron chi connectivity index (χ1n) is 13.0. The van der Waals surface area contributed by atoms with Crippen LogP contribution < -0.4 is 10.6 Å². The van der Waals surface area contributed by atoms with Gasteiger partial charge in [0.2, 0.25) is 11.5 Å². The average molecular weight is 523 g/mol. The van der Waals surface area contributed by atoms with Gasteiger partial charge in [0.05, 0.1) is 0 Å². The van der Waals surface area contributed by atoms with Gasteiger partial charge in [-0.2, -0.15) is 0 Å². The van der Waals surface area contributed by atoms with Gasteiger partial charge in [-0.25, -0.2) is 18.9 Å². The maximum Gasteiger partial charge on any atom is 0.418 e. The predicted molar refractivity (Wildman–Crippen MR) is 137 cm³/mol. The van der Waals surface area contributed by atoms with Crippen molar-refractivity contribution in [1.29, 1.82) is 0 Å². The largest absolute Gasteiger partial charge is 0.427 e. The van der Waals surface area contributed by atoms with Crippen molar-refractivity contribution in [2.75, 3.05) is 18.9 Å². The highest BCUT2D eigenvalue weighted by Gasteiger charge is 2.58. The van der Waals surface area contributed by atoms with E-state index in [0.29, 0.717) is 17.7 Å². The van der Waals surface area contributed by atoms with Crippen molar-refractivity contribution in [2.24, 2.45) is 0 Å². The van der Waals surface area contributed by atoms with Crippen LogP contribution in [0.4, 0.5) is 19.7 Å². The SMILES string of the molecule is CNC(=O)Nc1ccc2c(c1)CCC21OC(=O)N(CC(=O)N(Cc2ccc(F)cc2)C2CCCCC2)C1=O. The van der Waals surface area contributed by atoms with Crippen LogP contribution in [0.15, 0.2) is 42.5 Å². The molecule has 1 heterocycles. The summed E-state index contributed by atoms with van der Waals surface area (Å²) in [7, 11) is 1.51. The molecule has 38 heavy (non-hydrogen) atoms. The number of urea groups is 1. The van der Waals surface area contributed by atoms with Crippen LogP contribution >= 0.6 is 0 Å². The Balaban J connectivity index is 1.35. The molecule has 9 nitrogen and oxygen atoms in total. The highest BCUT2D eigenvalue weighted by atomic mass is 19.1. The maximum absolute atomic E-state index is 13.6. The average Bonchev–Trinajstić information content (AvgIpc) is 3.40. The number of halogens is 1. The number of rotatable bonds is 6. The van der Waals surface area contributed by atoms with Gasteiger partial charge in [0.1, 0.15) is 12.4 Å². The number of hydrogen-bond donors (Lipinski definition) is 2. The molecule has 0 radical (unpaired) electrons. The number of fused-ring (bicyclic) bond motifs is 2. The zero-order valence-electron chi connectivity index (χ0n) is 21.3. The Bertz CT molecular complexity index is 1260. The van der Waals surface area contributed by atoms with Crippen LogP contribution in [-0.4, -0.2) is 53.4 Å². The highest BCUT2D eigenvalue weighted by molar-refractivity contribution is 6.06.